The Kier molecular flexibility index (Phi) is 4.30. The molecule has 0 N–H and O–H groups in total. The van der Waals surface area contributed by atoms with E-state index in [4.69, 9.17) is 0 Å². The first-order valence-corrected chi connectivity index (χ1v) is 9.00. The molecule has 1 aliphatic heterocycles. The van der Waals surface area contributed by atoms with E-state index in [1.165, 1.54) is 11.6 Å². The molecular weight excluding hydrogens is 315 g/mol. The predicted molar refractivity (Wildman–Crippen MR) is 95.6 cm³/mol. The normalized spacial score (nSPS) is 19.6. The van der Waals surface area contributed by atoms with Gasteiger partial charge in [-0.3, -0.25) is 9.69 Å². The van der Waals surface area contributed by atoms with Crippen LogP contribution in [0, 0.1) is 5.82 Å². The maximum atomic E-state index is 14.2. The Labute approximate surface area is 148 Å². The van der Waals surface area contributed by atoms with Crippen LogP contribution < -0.4 is 0 Å². The zero-order valence-corrected chi connectivity index (χ0v) is 14.3. The Hall–Kier alpha value is -2.20. The van der Waals surface area contributed by atoms with Crippen LogP contribution in [0.3, 0.4) is 0 Å². The van der Waals surface area contributed by atoms with Gasteiger partial charge in [0.2, 0.25) is 5.91 Å². The van der Waals surface area contributed by atoms with Crippen molar-refractivity contribution in [2.24, 2.45) is 0 Å². The molecule has 1 saturated carbocycles. The Morgan fingerprint density at radius 2 is 1.56 bits per heavy atom. The van der Waals surface area contributed by atoms with E-state index in [2.05, 4.69) is 29.2 Å². The Balaban J connectivity index is 1.39. The van der Waals surface area contributed by atoms with Gasteiger partial charge in [0.05, 0.1) is 5.41 Å². The molecule has 1 amide bonds. The molecule has 0 radical (unpaired) electrons. The lowest BCUT2D eigenvalue weighted by Crippen LogP contribution is -2.51. The molecule has 2 fully saturated rings. The highest BCUT2D eigenvalue weighted by molar-refractivity contribution is 5.91. The zero-order chi connectivity index (χ0) is 17.3. The summed E-state index contributed by atoms with van der Waals surface area (Å²) in [5.74, 6) is -0.145. The van der Waals surface area contributed by atoms with E-state index in [1.54, 1.807) is 12.1 Å². The summed E-state index contributed by atoms with van der Waals surface area (Å²) >= 11 is 0. The number of carbonyl (C=O) groups excluding carboxylic acids is 1. The van der Waals surface area contributed by atoms with E-state index >= 15 is 0 Å². The topological polar surface area (TPSA) is 23.6 Å². The minimum atomic E-state index is -0.604. The molecular formula is C21H23FN2O. The molecule has 4 rings (SSSR count). The van der Waals surface area contributed by atoms with Gasteiger partial charge in [-0.25, -0.2) is 4.39 Å². The predicted octanol–water partition coefficient (Wildman–Crippen LogP) is 3.20. The average molecular weight is 338 g/mol. The first-order chi connectivity index (χ1) is 12.2. The van der Waals surface area contributed by atoms with Gasteiger partial charge in [-0.05, 0) is 24.5 Å². The fraction of sp³-hybridized carbons (Fsp3) is 0.381. The third kappa shape index (κ3) is 3.19. The Morgan fingerprint density at radius 1 is 0.920 bits per heavy atom. The van der Waals surface area contributed by atoms with Crippen LogP contribution in [0.25, 0.3) is 0 Å². The molecule has 3 nitrogen and oxygen atoms in total. The third-order valence-corrected chi connectivity index (χ3v) is 5.46. The quantitative estimate of drug-likeness (QED) is 0.855. The third-order valence-electron chi connectivity index (χ3n) is 5.46. The van der Waals surface area contributed by atoms with Crippen molar-refractivity contribution in [3.05, 3.63) is 71.5 Å². The lowest BCUT2D eigenvalue weighted by atomic mass is 9.93. The molecule has 0 aromatic heterocycles. The van der Waals surface area contributed by atoms with E-state index in [1.807, 2.05) is 17.0 Å². The molecule has 130 valence electrons. The highest BCUT2D eigenvalue weighted by atomic mass is 19.1. The first kappa shape index (κ1) is 16.3. The van der Waals surface area contributed by atoms with Crippen molar-refractivity contribution in [2.75, 3.05) is 26.2 Å². The summed E-state index contributed by atoms with van der Waals surface area (Å²) in [6.45, 7) is 4.10. The van der Waals surface area contributed by atoms with Gasteiger partial charge in [-0.1, -0.05) is 48.5 Å². The van der Waals surface area contributed by atoms with E-state index in [9.17, 15) is 9.18 Å². The molecule has 0 bridgehead atoms. The van der Waals surface area contributed by atoms with Gasteiger partial charge in [0, 0.05) is 38.3 Å². The van der Waals surface area contributed by atoms with E-state index in [0.29, 0.717) is 5.56 Å². The van der Waals surface area contributed by atoms with E-state index in [-0.39, 0.29) is 11.7 Å². The van der Waals surface area contributed by atoms with Gasteiger partial charge in [-0.2, -0.15) is 0 Å². The Morgan fingerprint density at radius 3 is 2.20 bits per heavy atom. The summed E-state index contributed by atoms with van der Waals surface area (Å²) in [4.78, 5) is 17.3. The molecule has 4 heteroatoms. The Bertz CT molecular complexity index is 750. The molecule has 0 atom stereocenters. The fourth-order valence-corrected chi connectivity index (χ4v) is 3.83. The molecule has 2 aromatic carbocycles. The largest absolute Gasteiger partial charge is 0.339 e. The van der Waals surface area contributed by atoms with Crippen LogP contribution in [0.1, 0.15) is 24.0 Å². The second-order valence-corrected chi connectivity index (χ2v) is 7.12. The molecule has 2 aromatic rings. The number of carbonyl (C=O) groups is 1. The highest BCUT2D eigenvalue weighted by Gasteiger charge is 2.54. The highest BCUT2D eigenvalue weighted by Crippen LogP contribution is 2.50. The smallest absolute Gasteiger partial charge is 0.233 e. The summed E-state index contributed by atoms with van der Waals surface area (Å²) in [7, 11) is 0. The molecule has 0 unspecified atom stereocenters. The van der Waals surface area contributed by atoms with Crippen LogP contribution in [0.15, 0.2) is 54.6 Å². The van der Waals surface area contributed by atoms with Crippen LogP contribution in [0.4, 0.5) is 4.39 Å². The van der Waals surface area contributed by atoms with E-state index < -0.39 is 5.41 Å². The average Bonchev–Trinajstić information content (AvgIpc) is 3.45. The number of hydrogen-bond acceptors (Lipinski definition) is 2. The molecule has 1 aliphatic carbocycles. The molecule has 2 aliphatic rings. The minimum absolute atomic E-state index is 0.108. The van der Waals surface area contributed by atoms with Crippen molar-refractivity contribution in [2.45, 2.75) is 24.8 Å². The van der Waals surface area contributed by atoms with Crippen molar-refractivity contribution in [1.82, 2.24) is 9.80 Å². The molecule has 1 saturated heterocycles. The van der Waals surface area contributed by atoms with Gasteiger partial charge in [0.25, 0.3) is 0 Å². The number of amides is 1. The number of nitrogens with zero attached hydrogens (tertiary/aromatic N) is 2. The van der Waals surface area contributed by atoms with Crippen molar-refractivity contribution in [3.8, 4) is 0 Å². The fourth-order valence-electron chi connectivity index (χ4n) is 3.83. The van der Waals surface area contributed by atoms with Crippen LogP contribution in [-0.4, -0.2) is 41.9 Å². The summed E-state index contributed by atoms with van der Waals surface area (Å²) in [5.41, 5.74) is 1.27. The number of hydrogen-bond donors (Lipinski definition) is 0. The van der Waals surface area contributed by atoms with E-state index in [0.717, 1.165) is 45.6 Å². The summed E-state index contributed by atoms with van der Waals surface area (Å²) in [6.07, 6.45) is 1.52. The second kappa shape index (κ2) is 6.60. The van der Waals surface area contributed by atoms with Gasteiger partial charge in [0.15, 0.2) is 0 Å². The van der Waals surface area contributed by atoms with Gasteiger partial charge in [0.1, 0.15) is 5.82 Å². The van der Waals surface area contributed by atoms with Crippen molar-refractivity contribution < 1.29 is 9.18 Å². The molecule has 25 heavy (non-hydrogen) atoms. The number of benzene rings is 2. The van der Waals surface area contributed by atoms with Crippen LogP contribution >= 0.6 is 0 Å². The minimum Gasteiger partial charge on any atom is -0.339 e. The first-order valence-electron chi connectivity index (χ1n) is 9.00. The van der Waals surface area contributed by atoms with Gasteiger partial charge < -0.3 is 4.90 Å². The van der Waals surface area contributed by atoms with Crippen molar-refractivity contribution in [3.63, 3.8) is 0 Å². The van der Waals surface area contributed by atoms with Crippen molar-refractivity contribution >= 4 is 5.91 Å². The summed E-state index contributed by atoms with van der Waals surface area (Å²) in [5, 5.41) is 0. The molecule has 1 heterocycles. The number of piperazine rings is 1. The van der Waals surface area contributed by atoms with Crippen molar-refractivity contribution in [1.29, 1.82) is 0 Å². The second-order valence-electron chi connectivity index (χ2n) is 7.12. The lowest BCUT2D eigenvalue weighted by molar-refractivity contribution is -0.135. The zero-order valence-electron chi connectivity index (χ0n) is 14.3. The lowest BCUT2D eigenvalue weighted by Gasteiger charge is -2.36. The van der Waals surface area contributed by atoms with Crippen LogP contribution in [-0.2, 0) is 16.8 Å². The monoisotopic (exact) mass is 338 g/mol. The van der Waals surface area contributed by atoms with Crippen LogP contribution in [0.2, 0.25) is 0 Å². The van der Waals surface area contributed by atoms with Gasteiger partial charge >= 0.3 is 0 Å². The number of rotatable bonds is 4. The molecule has 0 spiro atoms. The van der Waals surface area contributed by atoms with Gasteiger partial charge in [-0.15, -0.1) is 0 Å². The maximum Gasteiger partial charge on any atom is 0.233 e. The summed E-state index contributed by atoms with van der Waals surface area (Å²) in [6, 6.07) is 17.1. The van der Waals surface area contributed by atoms with Crippen LogP contribution in [0.5, 0.6) is 0 Å². The number of halogens is 1. The maximum absolute atomic E-state index is 14.2. The summed E-state index contributed by atoms with van der Waals surface area (Å²) < 4.78 is 14.2. The standard InChI is InChI=1S/C21H23FN2O/c22-19-9-5-4-8-18(19)21(10-11-21)20(25)24-14-12-23(13-15-24)16-17-6-2-1-3-7-17/h1-9H,10-16H2. The SMILES string of the molecule is O=C(N1CCN(Cc2ccccc2)CC1)C1(c2ccccc2F)CC1.